The molecule has 0 amide bonds. The van der Waals surface area contributed by atoms with E-state index in [4.69, 9.17) is 4.74 Å². The van der Waals surface area contributed by atoms with E-state index in [2.05, 4.69) is 5.32 Å². The molecule has 2 unspecified atom stereocenters. The molecule has 2 aliphatic carbocycles. The van der Waals surface area contributed by atoms with E-state index in [1.54, 1.807) is 0 Å². The maximum atomic E-state index is 13.7. The van der Waals surface area contributed by atoms with Gasteiger partial charge in [-0.2, -0.15) is 0 Å². The lowest BCUT2D eigenvalue weighted by Gasteiger charge is -2.61. The van der Waals surface area contributed by atoms with Crippen molar-refractivity contribution >= 4 is 5.69 Å². The standard InChI is InChI=1S/C15H18F3NO/c1-2-20-12-8-11(15(12)6-3-7-15)19-10-5-4-9(16)13(17)14(10)18/h4-5,11-12,19H,2-3,6-8H2,1H3. The van der Waals surface area contributed by atoms with Crippen LogP contribution in [0.4, 0.5) is 18.9 Å². The summed E-state index contributed by atoms with van der Waals surface area (Å²) in [7, 11) is 0. The summed E-state index contributed by atoms with van der Waals surface area (Å²) >= 11 is 0. The van der Waals surface area contributed by atoms with E-state index >= 15 is 0 Å². The van der Waals surface area contributed by atoms with E-state index in [0.29, 0.717) is 6.61 Å². The summed E-state index contributed by atoms with van der Waals surface area (Å²) in [6.07, 6.45) is 4.21. The van der Waals surface area contributed by atoms with Gasteiger partial charge in [-0.15, -0.1) is 0 Å². The Kier molecular flexibility index (Phi) is 3.40. The number of halogens is 3. The highest BCUT2D eigenvalue weighted by molar-refractivity contribution is 5.48. The largest absolute Gasteiger partial charge is 0.379 e. The van der Waals surface area contributed by atoms with E-state index < -0.39 is 17.5 Å². The maximum absolute atomic E-state index is 13.7. The van der Waals surface area contributed by atoms with Crippen LogP contribution in [-0.2, 0) is 4.74 Å². The second kappa shape index (κ2) is 4.95. The molecule has 2 saturated carbocycles. The number of anilines is 1. The van der Waals surface area contributed by atoms with Crippen molar-refractivity contribution in [2.24, 2.45) is 5.41 Å². The van der Waals surface area contributed by atoms with Crippen molar-refractivity contribution in [1.82, 2.24) is 0 Å². The maximum Gasteiger partial charge on any atom is 0.196 e. The lowest BCUT2D eigenvalue weighted by atomic mass is 9.51. The highest BCUT2D eigenvalue weighted by Crippen LogP contribution is 2.58. The molecule has 5 heteroatoms. The zero-order valence-electron chi connectivity index (χ0n) is 11.4. The first-order chi connectivity index (χ1) is 9.58. The van der Waals surface area contributed by atoms with Gasteiger partial charge in [-0.1, -0.05) is 6.42 Å². The molecule has 20 heavy (non-hydrogen) atoms. The molecule has 2 aliphatic rings. The van der Waals surface area contributed by atoms with Gasteiger partial charge in [-0.3, -0.25) is 0 Å². The Hall–Kier alpha value is -1.23. The van der Waals surface area contributed by atoms with Gasteiger partial charge in [0.1, 0.15) is 0 Å². The van der Waals surface area contributed by atoms with E-state index in [1.165, 1.54) is 6.07 Å². The van der Waals surface area contributed by atoms with Crippen molar-refractivity contribution in [3.63, 3.8) is 0 Å². The summed E-state index contributed by atoms with van der Waals surface area (Å²) in [5.41, 5.74) is 0.0861. The minimum absolute atomic E-state index is 0.0372. The molecule has 2 nitrogen and oxygen atoms in total. The first-order valence-electron chi connectivity index (χ1n) is 7.10. The molecule has 1 N–H and O–H groups in total. The van der Waals surface area contributed by atoms with Crippen LogP contribution in [-0.4, -0.2) is 18.8 Å². The zero-order valence-corrected chi connectivity index (χ0v) is 11.4. The number of rotatable bonds is 4. The number of hydrogen-bond acceptors (Lipinski definition) is 2. The summed E-state index contributed by atoms with van der Waals surface area (Å²) in [5.74, 6) is -3.72. The van der Waals surface area contributed by atoms with Gasteiger partial charge < -0.3 is 10.1 Å². The van der Waals surface area contributed by atoms with E-state index in [1.807, 2.05) is 6.92 Å². The summed E-state index contributed by atoms with van der Waals surface area (Å²) in [6.45, 7) is 2.63. The Labute approximate surface area is 116 Å². The van der Waals surface area contributed by atoms with Gasteiger partial charge in [0.25, 0.3) is 0 Å². The van der Waals surface area contributed by atoms with Crippen LogP contribution in [0.5, 0.6) is 0 Å². The van der Waals surface area contributed by atoms with Crippen molar-refractivity contribution in [3.8, 4) is 0 Å². The quantitative estimate of drug-likeness (QED) is 0.848. The van der Waals surface area contributed by atoms with Crippen LogP contribution in [0.3, 0.4) is 0 Å². The third kappa shape index (κ3) is 1.91. The van der Waals surface area contributed by atoms with Crippen molar-refractivity contribution in [1.29, 1.82) is 0 Å². The highest BCUT2D eigenvalue weighted by atomic mass is 19.2. The van der Waals surface area contributed by atoms with Crippen LogP contribution in [0.2, 0.25) is 0 Å². The first-order valence-corrected chi connectivity index (χ1v) is 7.10. The Morgan fingerprint density at radius 3 is 2.60 bits per heavy atom. The van der Waals surface area contributed by atoms with Crippen molar-refractivity contribution in [2.75, 3.05) is 11.9 Å². The molecule has 0 radical (unpaired) electrons. The molecule has 0 aromatic heterocycles. The third-order valence-electron chi connectivity index (χ3n) is 4.80. The molecule has 1 spiro atoms. The third-order valence-corrected chi connectivity index (χ3v) is 4.80. The number of benzene rings is 1. The molecule has 0 heterocycles. The van der Waals surface area contributed by atoms with Gasteiger partial charge in [0.2, 0.25) is 0 Å². The lowest BCUT2D eigenvalue weighted by molar-refractivity contribution is -0.157. The molecule has 110 valence electrons. The van der Waals surface area contributed by atoms with Gasteiger partial charge in [0.05, 0.1) is 11.8 Å². The van der Waals surface area contributed by atoms with Crippen molar-refractivity contribution in [2.45, 2.75) is 44.8 Å². The Morgan fingerprint density at radius 1 is 1.25 bits per heavy atom. The summed E-state index contributed by atoms with van der Waals surface area (Å²) in [6, 6.07) is 2.29. The van der Waals surface area contributed by atoms with Crippen molar-refractivity contribution in [3.05, 3.63) is 29.6 Å². The smallest absolute Gasteiger partial charge is 0.196 e. The van der Waals surface area contributed by atoms with Crippen LogP contribution in [0.25, 0.3) is 0 Å². The molecule has 0 bridgehead atoms. The summed E-state index contributed by atoms with van der Waals surface area (Å²) < 4.78 is 45.6. The molecule has 3 rings (SSSR count). The lowest BCUT2D eigenvalue weighted by Crippen LogP contribution is -2.64. The van der Waals surface area contributed by atoms with Gasteiger partial charge >= 0.3 is 0 Å². The van der Waals surface area contributed by atoms with Gasteiger partial charge in [-0.05, 0) is 38.3 Å². The fourth-order valence-electron chi connectivity index (χ4n) is 3.47. The molecular weight excluding hydrogens is 267 g/mol. The Balaban J connectivity index is 1.75. The minimum atomic E-state index is -1.42. The first kappa shape index (κ1) is 13.7. The van der Waals surface area contributed by atoms with Crippen LogP contribution < -0.4 is 5.32 Å². The Morgan fingerprint density at radius 2 is 2.00 bits per heavy atom. The number of hydrogen-bond donors (Lipinski definition) is 1. The molecule has 1 aromatic carbocycles. The van der Waals surface area contributed by atoms with Gasteiger partial charge in [-0.25, -0.2) is 13.2 Å². The fourth-order valence-corrected chi connectivity index (χ4v) is 3.47. The average molecular weight is 285 g/mol. The second-order valence-electron chi connectivity index (χ2n) is 5.69. The van der Waals surface area contributed by atoms with E-state index in [9.17, 15) is 13.2 Å². The highest BCUT2D eigenvalue weighted by Gasteiger charge is 2.59. The van der Waals surface area contributed by atoms with Crippen molar-refractivity contribution < 1.29 is 17.9 Å². The molecule has 2 fully saturated rings. The molecular formula is C15H18F3NO. The number of nitrogens with one attached hydrogen (secondary N) is 1. The predicted molar refractivity (Wildman–Crippen MR) is 70.0 cm³/mol. The van der Waals surface area contributed by atoms with E-state index in [-0.39, 0.29) is 23.2 Å². The SMILES string of the molecule is CCOC1CC(Nc2ccc(F)c(F)c2F)C12CCC2. The molecule has 2 atom stereocenters. The monoisotopic (exact) mass is 285 g/mol. The van der Waals surface area contributed by atoms with Crippen LogP contribution in [0.1, 0.15) is 32.6 Å². The Bertz CT molecular complexity index is 516. The molecule has 1 aromatic rings. The van der Waals surface area contributed by atoms with Crippen LogP contribution >= 0.6 is 0 Å². The minimum Gasteiger partial charge on any atom is -0.379 e. The van der Waals surface area contributed by atoms with Gasteiger partial charge in [0, 0.05) is 18.1 Å². The number of ether oxygens (including phenoxy) is 1. The predicted octanol–water partition coefficient (Wildman–Crippen LogP) is 3.86. The summed E-state index contributed by atoms with van der Waals surface area (Å²) in [4.78, 5) is 0. The van der Waals surface area contributed by atoms with E-state index in [0.717, 1.165) is 31.7 Å². The molecule has 0 aliphatic heterocycles. The van der Waals surface area contributed by atoms with Crippen LogP contribution in [0.15, 0.2) is 12.1 Å². The second-order valence-corrected chi connectivity index (χ2v) is 5.69. The molecule has 0 saturated heterocycles. The topological polar surface area (TPSA) is 21.3 Å². The zero-order chi connectivity index (χ0) is 14.3. The van der Waals surface area contributed by atoms with Crippen LogP contribution in [0, 0.1) is 22.9 Å². The van der Waals surface area contributed by atoms with Gasteiger partial charge in [0.15, 0.2) is 17.5 Å². The normalized spacial score (nSPS) is 27.0. The average Bonchev–Trinajstić information content (AvgIpc) is 2.35. The summed E-state index contributed by atoms with van der Waals surface area (Å²) in [5, 5.41) is 3.03. The fraction of sp³-hybridized carbons (Fsp3) is 0.600.